The SMILES string of the molecule is CC(=O)N(CCN)C(=O)NC1CCCC1. The summed E-state index contributed by atoms with van der Waals surface area (Å²) >= 11 is 0. The minimum atomic E-state index is -0.306. The van der Waals surface area contributed by atoms with Gasteiger partial charge in [-0.05, 0) is 12.8 Å². The summed E-state index contributed by atoms with van der Waals surface area (Å²) in [5.74, 6) is -0.254. The number of hydrogen-bond donors (Lipinski definition) is 2. The van der Waals surface area contributed by atoms with Crippen molar-refractivity contribution >= 4 is 11.9 Å². The Hall–Kier alpha value is -1.10. The van der Waals surface area contributed by atoms with Gasteiger partial charge in [0.2, 0.25) is 5.91 Å². The normalized spacial score (nSPS) is 16.4. The maximum Gasteiger partial charge on any atom is 0.324 e. The molecule has 5 nitrogen and oxygen atoms in total. The van der Waals surface area contributed by atoms with Gasteiger partial charge >= 0.3 is 6.03 Å². The fourth-order valence-corrected chi connectivity index (χ4v) is 1.85. The first-order valence-corrected chi connectivity index (χ1v) is 5.44. The van der Waals surface area contributed by atoms with E-state index in [4.69, 9.17) is 5.73 Å². The van der Waals surface area contributed by atoms with E-state index in [0.717, 1.165) is 30.6 Å². The van der Waals surface area contributed by atoms with Crippen molar-refractivity contribution in [3.63, 3.8) is 0 Å². The smallest absolute Gasteiger partial charge is 0.324 e. The highest BCUT2D eigenvalue weighted by Crippen LogP contribution is 2.17. The van der Waals surface area contributed by atoms with Gasteiger partial charge in [0.1, 0.15) is 0 Å². The molecule has 1 saturated carbocycles. The minimum absolute atomic E-state index is 0.233. The summed E-state index contributed by atoms with van der Waals surface area (Å²) < 4.78 is 0. The molecule has 1 rings (SSSR count). The Morgan fingerprint density at radius 1 is 1.40 bits per heavy atom. The zero-order chi connectivity index (χ0) is 11.3. The van der Waals surface area contributed by atoms with Crippen molar-refractivity contribution in [3.8, 4) is 0 Å². The highest BCUT2D eigenvalue weighted by atomic mass is 16.2. The van der Waals surface area contributed by atoms with Crippen LogP contribution in [0.1, 0.15) is 32.6 Å². The van der Waals surface area contributed by atoms with Crippen LogP contribution in [0.25, 0.3) is 0 Å². The van der Waals surface area contributed by atoms with Gasteiger partial charge in [0, 0.05) is 26.1 Å². The van der Waals surface area contributed by atoms with Gasteiger partial charge < -0.3 is 11.1 Å². The van der Waals surface area contributed by atoms with Crippen molar-refractivity contribution in [2.45, 2.75) is 38.6 Å². The standard InChI is InChI=1S/C10H19N3O2/c1-8(14)13(7-6-11)10(15)12-9-4-2-3-5-9/h9H,2-7,11H2,1H3,(H,12,15). The fourth-order valence-electron chi connectivity index (χ4n) is 1.85. The maximum atomic E-state index is 11.7. The molecule has 0 unspecified atom stereocenters. The van der Waals surface area contributed by atoms with Crippen LogP contribution in [-0.2, 0) is 4.79 Å². The molecule has 0 atom stereocenters. The van der Waals surface area contributed by atoms with E-state index < -0.39 is 0 Å². The van der Waals surface area contributed by atoms with Crippen LogP contribution in [0.15, 0.2) is 0 Å². The molecule has 1 fully saturated rings. The van der Waals surface area contributed by atoms with E-state index in [9.17, 15) is 9.59 Å². The molecule has 0 aromatic carbocycles. The number of nitrogens with two attached hydrogens (primary N) is 1. The fraction of sp³-hybridized carbons (Fsp3) is 0.800. The van der Waals surface area contributed by atoms with Gasteiger partial charge in [0.05, 0.1) is 0 Å². The van der Waals surface area contributed by atoms with Crippen LogP contribution in [0.2, 0.25) is 0 Å². The van der Waals surface area contributed by atoms with Crippen LogP contribution < -0.4 is 11.1 Å². The van der Waals surface area contributed by atoms with Gasteiger partial charge in [-0.1, -0.05) is 12.8 Å². The zero-order valence-corrected chi connectivity index (χ0v) is 9.16. The third-order valence-corrected chi connectivity index (χ3v) is 2.66. The molecule has 0 spiro atoms. The Labute approximate surface area is 90.0 Å². The molecule has 1 aliphatic rings. The second-order valence-corrected chi connectivity index (χ2v) is 3.89. The molecule has 15 heavy (non-hydrogen) atoms. The number of urea groups is 1. The number of rotatable bonds is 3. The highest BCUT2D eigenvalue weighted by molar-refractivity contribution is 5.93. The first kappa shape index (κ1) is 12.0. The largest absolute Gasteiger partial charge is 0.335 e. The third kappa shape index (κ3) is 3.51. The van der Waals surface area contributed by atoms with Crippen molar-refractivity contribution in [1.29, 1.82) is 0 Å². The molecule has 1 aliphatic carbocycles. The molecule has 0 radical (unpaired) electrons. The second-order valence-electron chi connectivity index (χ2n) is 3.89. The minimum Gasteiger partial charge on any atom is -0.335 e. The third-order valence-electron chi connectivity index (χ3n) is 2.66. The maximum absolute atomic E-state index is 11.7. The predicted octanol–water partition coefficient (Wildman–Crippen LogP) is 0.446. The van der Waals surface area contributed by atoms with Crippen LogP contribution in [-0.4, -0.2) is 36.0 Å². The van der Waals surface area contributed by atoms with Gasteiger partial charge in [-0.15, -0.1) is 0 Å². The van der Waals surface area contributed by atoms with Gasteiger partial charge in [-0.3, -0.25) is 9.69 Å². The Balaban J connectivity index is 2.44. The summed E-state index contributed by atoms with van der Waals surface area (Å²) in [6, 6.07) is -0.0722. The molecule has 0 aromatic heterocycles. The van der Waals surface area contributed by atoms with E-state index in [1.54, 1.807) is 0 Å². The van der Waals surface area contributed by atoms with Crippen LogP contribution in [0.3, 0.4) is 0 Å². The predicted molar refractivity (Wildman–Crippen MR) is 57.2 cm³/mol. The Morgan fingerprint density at radius 3 is 2.47 bits per heavy atom. The van der Waals surface area contributed by atoms with Crippen molar-refractivity contribution in [2.24, 2.45) is 5.73 Å². The first-order valence-electron chi connectivity index (χ1n) is 5.44. The van der Waals surface area contributed by atoms with E-state index in [-0.39, 0.29) is 24.5 Å². The number of carbonyl (C=O) groups excluding carboxylic acids is 2. The zero-order valence-electron chi connectivity index (χ0n) is 9.16. The monoisotopic (exact) mass is 213 g/mol. The topological polar surface area (TPSA) is 75.4 Å². The van der Waals surface area contributed by atoms with E-state index in [0.29, 0.717) is 6.54 Å². The number of carbonyl (C=O) groups is 2. The molecule has 0 aliphatic heterocycles. The molecule has 3 N–H and O–H groups in total. The molecule has 0 heterocycles. The highest BCUT2D eigenvalue weighted by Gasteiger charge is 2.22. The lowest BCUT2D eigenvalue weighted by atomic mass is 10.2. The molecular weight excluding hydrogens is 194 g/mol. The lowest BCUT2D eigenvalue weighted by Crippen LogP contribution is -2.47. The number of nitrogens with one attached hydrogen (secondary N) is 1. The lowest BCUT2D eigenvalue weighted by molar-refractivity contribution is -0.125. The van der Waals surface area contributed by atoms with E-state index >= 15 is 0 Å². The second kappa shape index (κ2) is 5.70. The van der Waals surface area contributed by atoms with Gasteiger partial charge in [0.15, 0.2) is 0 Å². The Bertz CT molecular complexity index is 237. The van der Waals surface area contributed by atoms with Gasteiger partial charge in [-0.2, -0.15) is 0 Å². The quantitative estimate of drug-likeness (QED) is 0.714. The summed E-state index contributed by atoms with van der Waals surface area (Å²) in [7, 11) is 0. The van der Waals surface area contributed by atoms with Crippen molar-refractivity contribution in [1.82, 2.24) is 10.2 Å². The van der Waals surface area contributed by atoms with E-state index in [1.165, 1.54) is 6.92 Å². The number of imide groups is 1. The van der Waals surface area contributed by atoms with Crippen LogP contribution >= 0.6 is 0 Å². The number of amides is 3. The van der Waals surface area contributed by atoms with Gasteiger partial charge in [-0.25, -0.2) is 4.79 Å². The number of nitrogens with zero attached hydrogens (tertiary/aromatic N) is 1. The average molecular weight is 213 g/mol. The molecule has 5 heteroatoms. The van der Waals surface area contributed by atoms with Crippen molar-refractivity contribution < 1.29 is 9.59 Å². The lowest BCUT2D eigenvalue weighted by Gasteiger charge is -2.21. The van der Waals surface area contributed by atoms with Gasteiger partial charge in [0.25, 0.3) is 0 Å². The first-order chi connectivity index (χ1) is 7.15. The summed E-state index contributed by atoms with van der Waals surface area (Å²) in [6.07, 6.45) is 4.34. The molecule has 86 valence electrons. The average Bonchev–Trinajstić information content (AvgIpc) is 2.65. The molecule has 3 amide bonds. The summed E-state index contributed by atoms with van der Waals surface area (Å²) in [5, 5.41) is 2.86. The summed E-state index contributed by atoms with van der Waals surface area (Å²) in [4.78, 5) is 24.0. The molecular formula is C10H19N3O2. The Kier molecular flexibility index (Phi) is 4.55. The van der Waals surface area contributed by atoms with E-state index in [2.05, 4.69) is 5.32 Å². The van der Waals surface area contributed by atoms with E-state index in [1.807, 2.05) is 0 Å². The molecule has 0 aromatic rings. The summed E-state index contributed by atoms with van der Waals surface area (Å²) in [5.41, 5.74) is 5.34. The molecule has 0 bridgehead atoms. The summed E-state index contributed by atoms with van der Waals surface area (Å²) in [6.45, 7) is 1.97. The Morgan fingerprint density at radius 2 is 2.00 bits per heavy atom. The van der Waals surface area contributed by atoms with Crippen LogP contribution in [0.5, 0.6) is 0 Å². The van der Waals surface area contributed by atoms with Crippen LogP contribution in [0, 0.1) is 0 Å². The number of hydrogen-bond acceptors (Lipinski definition) is 3. The van der Waals surface area contributed by atoms with Crippen LogP contribution in [0.4, 0.5) is 4.79 Å². The molecule has 0 saturated heterocycles. The van der Waals surface area contributed by atoms with Crippen molar-refractivity contribution in [2.75, 3.05) is 13.1 Å². The van der Waals surface area contributed by atoms with Crippen molar-refractivity contribution in [3.05, 3.63) is 0 Å².